The van der Waals surface area contributed by atoms with Gasteiger partial charge in [-0.15, -0.1) is 0 Å². The fraction of sp³-hybridized carbons (Fsp3) is 1.00. The first-order valence-electron chi connectivity index (χ1n) is 4.28. The first kappa shape index (κ1) is 10.9. The molecule has 0 saturated carbocycles. The Labute approximate surface area is 78.6 Å². The highest BCUT2D eigenvalue weighted by Gasteiger charge is 2.37. The summed E-state index contributed by atoms with van der Waals surface area (Å²) in [6.45, 7) is 2.36. The van der Waals surface area contributed by atoms with Gasteiger partial charge in [0.1, 0.15) is 0 Å². The molecule has 1 rings (SSSR count). The van der Waals surface area contributed by atoms with E-state index in [1.165, 1.54) is 4.31 Å². The van der Waals surface area contributed by atoms with Crippen molar-refractivity contribution in [3.8, 4) is 0 Å². The number of hydrogen-bond acceptors (Lipinski definition) is 4. The van der Waals surface area contributed by atoms with E-state index in [2.05, 4.69) is 0 Å². The zero-order valence-corrected chi connectivity index (χ0v) is 8.55. The lowest BCUT2D eigenvalue weighted by Crippen LogP contribution is -2.36. The molecule has 1 aliphatic rings. The molecule has 1 fully saturated rings. The summed E-state index contributed by atoms with van der Waals surface area (Å²) in [6.07, 6.45) is 0.497. The molecule has 1 unspecified atom stereocenters. The lowest BCUT2D eigenvalue weighted by Gasteiger charge is -2.18. The maximum atomic E-state index is 11.5. The molecule has 1 saturated heterocycles. The Morgan fingerprint density at radius 3 is 2.62 bits per heavy atom. The third-order valence-electron chi connectivity index (χ3n) is 2.19. The van der Waals surface area contributed by atoms with Crippen LogP contribution in [0.15, 0.2) is 0 Å². The SMILES string of the molecule is CC1(O)CCN(S(=O)(=O)CCN)C1. The highest BCUT2D eigenvalue weighted by molar-refractivity contribution is 7.89. The van der Waals surface area contributed by atoms with E-state index >= 15 is 0 Å². The summed E-state index contributed by atoms with van der Waals surface area (Å²) in [4.78, 5) is 0. The summed E-state index contributed by atoms with van der Waals surface area (Å²) >= 11 is 0. The van der Waals surface area contributed by atoms with E-state index < -0.39 is 15.6 Å². The van der Waals surface area contributed by atoms with Gasteiger partial charge in [0.25, 0.3) is 0 Å². The van der Waals surface area contributed by atoms with Crippen molar-refractivity contribution in [2.24, 2.45) is 5.73 Å². The number of nitrogens with two attached hydrogens (primary N) is 1. The zero-order chi connectivity index (χ0) is 10.1. The van der Waals surface area contributed by atoms with Crippen molar-refractivity contribution in [1.82, 2.24) is 4.31 Å². The van der Waals surface area contributed by atoms with Crippen molar-refractivity contribution in [3.05, 3.63) is 0 Å². The van der Waals surface area contributed by atoms with Gasteiger partial charge in [0.15, 0.2) is 0 Å². The van der Waals surface area contributed by atoms with Gasteiger partial charge in [-0.3, -0.25) is 0 Å². The molecule has 1 atom stereocenters. The van der Waals surface area contributed by atoms with E-state index in [9.17, 15) is 13.5 Å². The van der Waals surface area contributed by atoms with Gasteiger partial charge in [0, 0.05) is 19.6 Å². The van der Waals surface area contributed by atoms with Crippen molar-refractivity contribution in [2.75, 3.05) is 25.4 Å². The fourth-order valence-corrected chi connectivity index (χ4v) is 2.82. The van der Waals surface area contributed by atoms with Crippen LogP contribution in [0.25, 0.3) is 0 Å². The predicted molar refractivity (Wildman–Crippen MR) is 49.7 cm³/mol. The van der Waals surface area contributed by atoms with Crippen LogP contribution in [0.5, 0.6) is 0 Å². The van der Waals surface area contributed by atoms with Crippen molar-refractivity contribution in [1.29, 1.82) is 0 Å². The molecule has 6 heteroatoms. The molecule has 0 spiro atoms. The number of sulfonamides is 1. The van der Waals surface area contributed by atoms with Crippen LogP contribution in [0.2, 0.25) is 0 Å². The van der Waals surface area contributed by atoms with E-state index in [4.69, 9.17) is 5.73 Å². The molecule has 1 aliphatic heterocycles. The Balaban J connectivity index is 2.66. The monoisotopic (exact) mass is 208 g/mol. The minimum Gasteiger partial charge on any atom is -0.389 e. The van der Waals surface area contributed by atoms with Gasteiger partial charge >= 0.3 is 0 Å². The maximum absolute atomic E-state index is 11.5. The first-order chi connectivity index (χ1) is 5.87. The predicted octanol–water partition coefficient (Wildman–Crippen LogP) is -1.27. The van der Waals surface area contributed by atoms with Crippen LogP contribution in [-0.2, 0) is 10.0 Å². The number of aliphatic hydroxyl groups is 1. The van der Waals surface area contributed by atoms with Crippen molar-refractivity contribution in [2.45, 2.75) is 18.9 Å². The van der Waals surface area contributed by atoms with Crippen LogP contribution >= 0.6 is 0 Å². The van der Waals surface area contributed by atoms with Crippen LogP contribution in [0.1, 0.15) is 13.3 Å². The Hall–Kier alpha value is -0.170. The summed E-state index contributed by atoms with van der Waals surface area (Å²) in [5.74, 6) is -0.0386. The molecular formula is C7H16N2O3S. The standard InChI is InChI=1S/C7H16N2O3S/c1-7(10)2-4-9(6-7)13(11,12)5-3-8/h10H,2-6,8H2,1H3. The normalized spacial score (nSPS) is 31.0. The Kier molecular flexibility index (Phi) is 2.96. The summed E-state index contributed by atoms with van der Waals surface area (Å²) in [5, 5.41) is 9.56. The number of hydrogen-bond donors (Lipinski definition) is 2. The van der Waals surface area contributed by atoms with E-state index in [1.807, 2.05) is 0 Å². The lowest BCUT2D eigenvalue weighted by atomic mass is 10.1. The molecule has 0 amide bonds. The molecule has 0 aromatic rings. The molecule has 1 heterocycles. The molecule has 3 N–H and O–H groups in total. The third-order valence-corrected chi connectivity index (χ3v) is 4.04. The molecule has 0 aromatic carbocycles. The third kappa shape index (κ3) is 2.63. The molecule has 0 aliphatic carbocycles. The summed E-state index contributed by atoms with van der Waals surface area (Å²) in [7, 11) is -3.23. The van der Waals surface area contributed by atoms with Gasteiger partial charge in [0.05, 0.1) is 11.4 Å². The number of rotatable bonds is 3. The second-order valence-corrected chi connectivity index (χ2v) is 5.77. The lowest BCUT2D eigenvalue weighted by molar-refractivity contribution is 0.0762. The van der Waals surface area contributed by atoms with Gasteiger partial charge in [-0.05, 0) is 13.3 Å². The van der Waals surface area contributed by atoms with Crippen LogP contribution in [0, 0.1) is 0 Å². The van der Waals surface area contributed by atoms with Gasteiger partial charge < -0.3 is 10.8 Å². The topological polar surface area (TPSA) is 83.6 Å². The van der Waals surface area contributed by atoms with Crippen LogP contribution in [-0.4, -0.2) is 48.8 Å². The molecule has 0 bridgehead atoms. The zero-order valence-electron chi connectivity index (χ0n) is 7.73. The average Bonchev–Trinajstić information content (AvgIpc) is 2.30. The average molecular weight is 208 g/mol. The molecule has 78 valence electrons. The molecular weight excluding hydrogens is 192 g/mol. The molecule has 0 aromatic heterocycles. The van der Waals surface area contributed by atoms with E-state index in [1.54, 1.807) is 6.92 Å². The highest BCUT2D eigenvalue weighted by Crippen LogP contribution is 2.22. The molecule has 5 nitrogen and oxygen atoms in total. The van der Waals surface area contributed by atoms with Crippen molar-refractivity contribution in [3.63, 3.8) is 0 Å². The number of nitrogens with zero attached hydrogens (tertiary/aromatic N) is 1. The van der Waals surface area contributed by atoms with Gasteiger partial charge in [-0.2, -0.15) is 4.31 Å². The maximum Gasteiger partial charge on any atom is 0.215 e. The van der Waals surface area contributed by atoms with Crippen LogP contribution < -0.4 is 5.73 Å². The van der Waals surface area contributed by atoms with E-state index in [0.717, 1.165) is 0 Å². The minimum atomic E-state index is -3.23. The van der Waals surface area contributed by atoms with Crippen molar-refractivity contribution < 1.29 is 13.5 Å². The van der Waals surface area contributed by atoms with E-state index in [-0.39, 0.29) is 18.8 Å². The Morgan fingerprint density at radius 1 is 1.62 bits per heavy atom. The van der Waals surface area contributed by atoms with Gasteiger partial charge in [0.2, 0.25) is 10.0 Å². The second kappa shape index (κ2) is 3.53. The quantitative estimate of drug-likeness (QED) is 0.606. The second-order valence-electron chi connectivity index (χ2n) is 3.69. The van der Waals surface area contributed by atoms with E-state index in [0.29, 0.717) is 13.0 Å². The number of β-amino-alcohol motifs (C(OH)–C–C–N with tert-alkyl or cyclic N) is 1. The Morgan fingerprint density at radius 2 is 2.23 bits per heavy atom. The smallest absolute Gasteiger partial charge is 0.215 e. The van der Waals surface area contributed by atoms with Crippen molar-refractivity contribution >= 4 is 10.0 Å². The fourth-order valence-electron chi connectivity index (χ4n) is 1.42. The molecule has 13 heavy (non-hydrogen) atoms. The molecule has 0 radical (unpaired) electrons. The van der Waals surface area contributed by atoms with Crippen LogP contribution in [0.4, 0.5) is 0 Å². The van der Waals surface area contributed by atoms with Gasteiger partial charge in [-0.1, -0.05) is 0 Å². The first-order valence-corrected chi connectivity index (χ1v) is 5.89. The Bertz CT molecular complexity index is 273. The summed E-state index contributed by atoms with van der Waals surface area (Å²) in [5.41, 5.74) is 4.31. The summed E-state index contributed by atoms with van der Waals surface area (Å²) < 4.78 is 24.2. The van der Waals surface area contributed by atoms with Crippen LogP contribution in [0.3, 0.4) is 0 Å². The minimum absolute atomic E-state index is 0.0386. The summed E-state index contributed by atoms with van der Waals surface area (Å²) in [6, 6.07) is 0. The van der Waals surface area contributed by atoms with Gasteiger partial charge in [-0.25, -0.2) is 8.42 Å². The highest BCUT2D eigenvalue weighted by atomic mass is 32.2. The largest absolute Gasteiger partial charge is 0.389 e.